The van der Waals surface area contributed by atoms with Crippen molar-refractivity contribution in [3.63, 3.8) is 0 Å². The molecule has 1 aliphatic heterocycles. The highest BCUT2D eigenvalue weighted by atomic mass is 16.5. The van der Waals surface area contributed by atoms with Gasteiger partial charge in [-0.3, -0.25) is 9.69 Å². The van der Waals surface area contributed by atoms with Gasteiger partial charge in [0.25, 0.3) is 5.91 Å². The Kier molecular flexibility index (Phi) is 5.95. The average Bonchev–Trinajstić information content (AvgIpc) is 2.56. The summed E-state index contributed by atoms with van der Waals surface area (Å²) < 4.78 is 5.11. The number of benzene rings is 1. The number of hydrogen-bond donors (Lipinski definition) is 2. The van der Waals surface area contributed by atoms with Gasteiger partial charge in [-0.15, -0.1) is 0 Å². The maximum absolute atomic E-state index is 11.8. The van der Waals surface area contributed by atoms with Crippen LogP contribution in [0.1, 0.15) is 13.3 Å². The molecule has 23 heavy (non-hydrogen) atoms. The smallest absolute Gasteiger partial charge is 0.411 e. The summed E-state index contributed by atoms with van der Waals surface area (Å²) in [5, 5.41) is 9.43. The molecule has 0 radical (unpaired) electrons. The fourth-order valence-corrected chi connectivity index (χ4v) is 2.53. The van der Waals surface area contributed by atoms with Gasteiger partial charge in [-0.25, -0.2) is 4.79 Å². The first-order valence-electron chi connectivity index (χ1n) is 7.75. The number of anilines is 2. The highest BCUT2D eigenvalue weighted by Gasteiger charge is 2.22. The van der Waals surface area contributed by atoms with Gasteiger partial charge >= 0.3 is 6.09 Å². The lowest BCUT2D eigenvalue weighted by Crippen LogP contribution is -2.41. The lowest BCUT2D eigenvalue weighted by Gasteiger charge is -2.28. The van der Waals surface area contributed by atoms with Gasteiger partial charge in [0, 0.05) is 24.5 Å². The van der Waals surface area contributed by atoms with Crippen LogP contribution in [0.25, 0.3) is 0 Å². The molecule has 1 heterocycles. The fraction of sp³-hybridized carbons (Fsp3) is 0.500. The lowest BCUT2D eigenvalue weighted by atomic mass is 10.1. The quantitative estimate of drug-likeness (QED) is 0.828. The molecule has 1 aromatic carbocycles. The number of ether oxygens (including phenoxy) is 1. The molecule has 1 saturated heterocycles. The molecule has 0 unspecified atom stereocenters. The second-order valence-electron chi connectivity index (χ2n) is 5.52. The van der Waals surface area contributed by atoms with Crippen LogP contribution in [0.3, 0.4) is 0 Å². The van der Waals surface area contributed by atoms with Gasteiger partial charge in [-0.1, -0.05) is 13.3 Å². The number of hydrogen-bond acceptors (Lipinski definition) is 4. The Hall–Kier alpha value is -2.12. The molecule has 1 atom stereocenters. The second kappa shape index (κ2) is 7.94. The summed E-state index contributed by atoms with van der Waals surface area (Å²) in [7, 11) is 0. The van der Waals surface area contributed by atoms with E-state index >= 15 is 0 Å². The molecule has 2 amide bonds. The number of carbonyl (C=O) groups is 2. The van der Waals surface area contributed by atoms with Crippen molar-refractivity contribution in [3.8, 4) is 0 Å². The first-order chi connectivity index (χ1) is 11.1. The molecule has 1 aliphatic rings. The van der Waals surface area contributed by atoms with Crippen LogP contribution >= 0.6 is 0 Å². The molecule has 0 spiro atoms. The molecule has 0 aromatic heterocycles. The van der Waals surface area contributed by atoms with Gasteiger partial charge in [-0.2, -0.15) is 0 Å². The molecular weight excluding hydrogens is 298 g/mol. The Morgan fingerprint density at radius 3 is 2.65 bits per heavy atom. The first-order valence-corrected chi connectivity index (χ1v) is 7.75. The van der Waals surface area contributed by atoms with E-state index in [1.165, 1.54) is 4.90 Å². The largest absolute Gasteiger partial charge is 0.465 e. The number of nitrogens with zero attached hydrogens (tertiary/aromatic N) is 2. The summed E-state index contributed by atoms with van der Waals surface area (Å²) in [5.74, 6) is 0.0277. The Bertz CT molecular complexity index is 543. The van der Waals surface area contributed by atoms with E-state index in [9.17, 15) is 14.7 Å². The molecule has 3 N–H and O–H groups in total. The van der Waals surface area contributed by atoms with Crippen molar-refractivity contribution >= 4 is 23.4 Å². The molecule has 7 nitrogen and oxygen atoms in total. The van der Waals surface area contributed by atoms with Crippen molar-refractivity contribution in [2.75, 3.05) is 42.6 Å². The normalized spacial score (nSPS) is 16.3. The maximum atomic E-state index is 11.8. The lowest BCUT2D eigenvalue weighted by molar-refractivity contribution is -0.125. The number of morpholine rings is 1. The van der Waals surface area contributed by atoms with Gasteiger partial charge in [-0.05, 0) is 36.7 Å². The summed E-state index contributed by atoms with van der Waals surface area (Å²) >= 11 is 0. The van der Waals surface area contributed by atoms with Gasteiger partial charge in [0.05, 0.1) is 6.61 Å². The summed E-state index contributed by atoms with van der Waals surface area (Å²) in [5.41, 5.74) is 7.00. The summed E-state index contributed by atoms with van der Waals surface area (Å²) in [4.78, 5) is 26.3. The summed E-state index contributed by atoms with van der Waals surface area (Å²) in [6.45, 7) is 3.89. The van der Waals surface area contributed by atoms with E-state index in [4.69, 9.17) is 10.5 Å². The molecule has 0 bridgehead atoms. The zero-order chi connectivity index (χ0) is 16.8. The predicted molar refractivity (Wildman–Crippen MR) is 87.8 cm³/mol. The summed E-state index contributed by atoms with van der Waals surface area (Å²) in [6, 6.07) is 6.96. The minimum Gasteiger partial charge on any atom is -0.465 e. The highest BCUT2D eigenvalue weighted by Crippen LogP contribution is 2.23. The Labute approximate surface area is 135 Å². The first kappa shape index (κ1) is 17.2. The number of nitrogens with two attached hydrogens (primary N) is 1. The van der Waals surface area contributed by atoms with E-state index in [2.05, 4.69) is 0 Å². The van der Waals surface area contributed by atoms with Crippen LogP contribution in [-0.2, 0) is 9.53 Å². The molecule has 0 aliphatic carbocycles. The van der Waals surface area contributed by atoms with Crippen LogP contribution in [0.5, 0.6) is 0 Å². The average molecular weight is 321 g/mol. The monoisotopic (exact) mass is 321 g/mol. The Morgan fingerprint density at radius 2 is 2.13 bits per heavy atom. The second-order valence-corrected chi connectivity index (χ2v) is 5.52. The van der Waals surface area contributed by atoms with Crippen LogP contribution in [0.15, 0.2) is 24.3 Å². The molecule has 1 fully saturated rings. The zero-order valence-electron chi connectivity index (χ0n) is 13.3. The zero-order valence-corrected chi connectivity index (χ0v) is 13.3. The van der Waals surface area contributed by atoms with Crippen molar-refractivity contribution in [2.45, 2.75) is 13.3 Å². The predicted octanol–water partition coefficient (Wildman–Crippen LogP) is 1.52. The number of carbonyl (C=O) groups excluding carboxylic acids is 1. The van der Waals surface area contributed by atoms with Crippen LogP contribution in [-0.4, -0.2) is 50.0 Å². The number of amides is 2. The van der Waals surface area contributed by atoms with E-state index in [1.807, 2.05) is 6.92 Å². The number of rotatable bonds is 6. The van der Waals surface area contributed by atoms with Gasteiger partial charge < -0.3 is 20.5 Å². The minimum absolute atomic E-state index is 0.0810. The van der Waals surface area contributed by atoms with E-state index in [-0.39, 0.29) is 18.4 Å². The minimum atomic E-state index is -1.01. The van der Waals surface area contributed by atoms with Crippen molar-refractivity contribution in [3.05, 3.63) is 24.3 Å². The van der Waals surface area contributed by atoms with Crippen LogP contribution in [0, 0.1) is 5.92 Å². The van der Waals surface area contributed by atoms with Crippen LogP contribution in [0.4, 0.5) is 16.2 Å². The highest BCUT2D eigenvalue weighted by molar-refractivity contribution is 5.95. The maximum Gasteiger partial charge on any atom is 0.411 e. The van der Waals surface area contributed by atoms with Gasteiger partial charge in [0.1, 0.15) is 6.61 Å². The summed E-state index contributed by atoms with van der Waals surface area (Å²) in [6.07, 6.45) is -0.187. The topological polar surface area (TPSA) is 96.1 Å². The SMILES string of the molecule is CC[C@@H](CN)CN(C(=O)O)c1ccc(N2CCOCC2=O)cc1. The van der Waals surface area contributed by atoms with E-state index < -0.39 is 6.09 Å². The van der Waals surface area contributed by atoms with Crippen LogP contribution < -0.4 is 15.5 Å². The Morgan fingerprint density at radius 1 is 1.43 bits per heavy atom. The third-order valence-corrected chi connectivity index (χ3v) is 4.04. The molecule has 1 aromatic rings. The van der Waals surface area contributed by atoms with E-state index in [0.29, 0.717) is 31.9 Å². The van der Waals surface area contributed by atoms with Crippen molar-refractivity contribution in [1.29, 1.82) is 0 Å². The van der Waals surface area contributed by atoms with Crippen molar-refractivity contribution in [2.24, 2.45) is 11.7 Å². The van der Waals surface area contributed by atoms with Crippen molar-refractivity contribution in [1.82, 2.24) is 0 Å². The Balaban J connectivity index is 2.15. The fourth-order valence-electron chi connectivity index (χ4n) is 2.53. The van der Waals surface area contributed by atoms with E-state index in [0.717, 1.165) is 12.1 Å². The molecule has 7 heteroatoms. The van der Waals surface area contributed by atoms with Gasteiger partial charge in [0.2, 0.25) is 0 Å². The molecule has 2 rings (SSSR count). The number of carboxylic acid groups (broad SMARTS) is 1. The van der Waals surface area contributed by atoms with Crippen molar-refractivity contribution < 1.29 is 19.4 Å². The molecular formula is C16H23N3O4. The van der Waals surface area contributed by atoms with E-state index in [1.54, 1.807) is 29.2 Å². The van der Waals surface area contributed by atoms with Crippen LogP contribution in [0.2, 0.25) is 0 Å². The third kappa shape index (κ3) is 4.20. The molecule has 126 valence electrons. The molecule has 0 saturated carbocycles. The van der Waals surface area contributed by atoms with Gasteiger partial charge in [0.15, 0.2) is 0 Å². The third-order valence-electron chi connectivity index (χ3n) is 4.04. The standard InChI is InChI=1S/C16H23N3O4/c1-2-12(9-17)10-19(16(21)22)14-5-3-13(4-6-14)18-7-8-23-11-15(18)20/h3-6,12H,2,7-11,17H2,1H3,(H,21,22)/t12-/m0/s1.